The Bertz CT molecular complexity index is 423. The van der Waals surface area contributed by atoms with Gasteiger partial charge < -0.3 is 10.4 Å². The van der Waals surface area contributed by atoms with Gasteiger partial charge in [0.1, 0.15) is 6.54 Å². The second-order valence-electron chi connectivity index (χ2n) is 4.31. The molecule has 0 saturated heterocycles. The van der Waals surface area contributed by atoms with Crippen LogP contribution in [0.15, 0.2) is 18.2 Å². The molecule has 0 spiro atoms. The van der Waals surface area contributed by atoms with Crippen LogP contribution in [0.1, 0.15) is 18.1 Å². The van der Waals surface area contributed by atoms with Crippen molar-refractivity contribution in [3.05, 3.63) is 29.3 Å². The summed E-state index contributed by atoms with van der Waals surface area (Å²) < 4.78 is 0. The first-order valence-corrected chi connectivity index (χ1v) is 5.99. The maximum Gasteiger partial charge on any atom is 0.322 e. The zero-order valence-corrected chi connectivity index (χ0v) is 11.3. The van der Waals surface area contributed by atoms with Gasteiger partial charge >= 0.3 is 5.97 Å². The maximum absolute atomic E-state index is 10.6. The number of aliphatic carboxylic acids is 1. The molecule has 0 radical (unpaired) electrons. The van der Waals surface area contributed by atoms with Gasteiger partial charge in [0.25, 0.3) is 0 Å². The molecule has 0 fully saturated rings. The van der Waals surface area contributed by atoms with Gasteiger partial charge in [-0.2, -0.15) is 0 Å². The van der Waals surface area contributed by atoms with E-state index in [-0.39, 0.29) is 19.0 Å². The van der Waals surface area contributed by atoms with Crippen molar-refractivity contribution in [1.29, 1.82) is 0 Å². The second kappa shape index (κ2) is 6.61. The molecule has 0 amide bonds. The van der Waals surface area contributed by atoms with Crippen LogP contribution in [0.3, 0.4) is 0 Å². The zero-order valence-electron chi connectivity index (χ0n) is 10.5. The minimum Gasteiger partial charge on any atom is -0.480 e. The van der Waals surface area contributed by atoms with E-state index in [1.165, 1.54) is 11.1 Å². The van der Waals surface area contributed by atoms with Gasteiger partial charge in [0.05, 0.1) is 0 Å². The number of hydrogen-bond acceptors (Lipinski definition) is 3. The minimum atomic E-state index is -0.828. The molecule has 2 N–H and O–H groups in total. The lowest BCUT2D eigenvalue weighted by molar-refractivity contribution is -0.134. The van der Waals surface area contributed by atoms with E-state index in [0.29, 0.717) is 0 Å². The number of fused-ring (bicyclic) bond motifs is 1. The van der Waals surface area contributed by atoms with E-state index < -0.39 is 5.97 Å². The van der Waals surface area contributed by atoms with Gasteiger partial charge in [0, 0.05) is 18.8 Å². The lowest BCUT2D eigenvalue weighted by Crippen LogP contribution is -2.31. The van der Waals surface area contributed by atoms with Crippen LogP contribution < -0.4 is 5.32 Å². The number of nitrogens with zero attached hydrogens (tertiary/aromatic N) is 1. The SMILES string of the molecule is CCN1CCc2cccc(NCC(=O)O)c2C1.Cl. The summed E-state index contributed by atoms with van der Waals surface area (Å²) in [6.07, 6.45) is 1.05. The number of benzene rings is 1. The molecular weight excluding hydrogens is 252 g/mol. The molecule has 18 heavy (non-hydrogen) atoms. The second-order valence-corrected chi connectivity index (χ2v) is 4.31. The maximum atomic E-state index is 10.6. The number of halogens is 1. The van der Waals surface area contributed by atoms with Crippen LogP contribution in [0.4, 0.5) is 5.69 Å². The fourth-order valence-corrected chi connectivity index (χ4v) is 2.24. The first-order chi connectivity index (χ1) is 8.20. The Kier molecular flexibility index (Phi) is 5.44. The van der Waals surface area contributed by atoms with Crippen molar-refractivity contribution in [2.45, 2.75) is 19.9 Å². The first-order valence-electron chi connectivity index (χ1n) is 5.99. The summed E-state index contributed by atoms with van der Waals surface area (Å²) in [5.74, 6) is -0.828. The van der Waals surface area contributed by atoms with Crippen LogP contribution >= 0.6 is 12.4 Å². The van der Waals surface area contributed by atoms with Gasteiger partial charge in [-0.05, 0) is 30.2 Å². The molecule has 1 aromatic rings. The Morgan fingerprint density at radius 1 is 1.50 bits per heavy atom. The number of hydrogen-bond donors (Lipinski definition) is 2. The summed E-state index contributed by atoms with van der Waals surface area (Å²) in [6, 6.07) is 6.08. The van der Waals surface area contributed by atoms with E-state index >= 15 is 0 Å². The standard InChI is InChI=1S/C13H18N2O2.ClH/c1-2-15-7-6-10-4-3-5-12(11(10)9-15)14-8-13(16)17;/h3-5,14H,2,6-9H2,1H3,(H,16,17);1H. The molecule has 0 bridgehead atoms. The normalized spacial score (nSPS) is 14.5. The summed E-state index contributed by atoms with van der Waals surface area (Å²) >= 11 is 0. The molecule has 1 aliphatic heterocycles. The highest BCUT2D eigenvalue weighted by Gasteiger charge is 2.17. The van der Waals surface area contributed by atoms with Gasteiger partial charge in [-0.1, -0.05) is 19.1 Å². The third-order valence-electron chi connectivity index (χ3n) is 3.23. The van der Waals surface area contributed by atoms with Crippen LogP contribution in [0.2, 0.25) is 0 Å². The third kappa shape index (κ3) is 3.37. The predicted octanol–water partition coefficient (Wildman–Crippen LogP) is 1.98. The molecule has 0 aliphatic carbocycles. The molecule has 1 aliphatic rings. The third-order valence-corrected chi connectivity index (χ3v) is 3.23. The molecule has 0 saturated carbocycles. The van der Waals surface area contributed by atoms with Crippen LogP contribution in [0.5, 0.6) is 0 Å². The van der Waals surface area contributed by atoms with Crippen molar-refractivity contribution >= 4 is 24.1 Å². The fraction of sp³-hybridized carbons (Fsp3) is 0.462. The van der Waals surface area contributed by atoms with Crippen molar-refractivity contribution in [1.82, 2.24) is 4.90 Å². The Labute approximate surface area is 113 Å². The number of carbonyl (C=O) groups is 1. The predicted molar refractivity (Wildman–Crippen MR) is 74.5 cm³/mol. The first kappa shape index (κ1) is 14.8. The quantitative estimate of drug-likeness (QED) is 0.879. The number of likely N-dealkylation sites (N-methyl/N-ethyl adjacent to an activating group) is 1. The molecular formula is C13H19ClN2O2. The molecule has 1 aromatic carbocycles. The number of rotatable bonds is 4. The van der Waals surface area contributed by atoms with Crippen molar-refractivity contribution in [2.24, 2.45) is 0 Å². The number of anilines is 1. The minimum absolute atomic E-state index is 0. The molecule has 4 nitrogen and oxygen atoms in total. The van der Waals surface area contributed by atoms with Gasteiger partial charge in [-0.15, -0.1) is 12.4 Å². The Morgan fingerprint density at radius 2 is 2.28 bits per heavy atom. The van der Waals surface area contributed by atoms with E-state index in [1.807, 2.05) is 12.1 Å². The Balaban J connectivity index is 0.00000162. The highest BCUT2D eigenvalue weighted by molar-refractivity contribution is 5.85. The number of nitrogens with one attached hydrogen (secondary N) is 1. The number of carboxylic acid groups (broad SMARTS) is 1. The number of carboxylic acids is 1. The zero-order chi connectivity index (χ0) is 12.3. The van der Waals surface area contributed by atoms with Crippen molar-refractivity contribution in [3.8, 4) is 0 Å². The van der Waals surface area contributed by atoms with Crippen molar-refractivity contribution in [2.75, 3.05) is 25.0 Å². The summed E-state index contributed by atoms with van der Waals surface area (Å²) in [5.41, 5.74) is 3.55. The van der Waals surface area contributed by atoms with E-state index in [9.17, 15) is 4.79 Å². The Hall–Kier alpha value is -1.26. The highest BCUT2D eigenvalue weighted by atomic mass is 35.5. The van der Waals surface area contributed by atoms with Crippen LogP contribution in [-0.2, 0) is 17.8 Å². The molecule has 2 rings (SSSR count). The lowest BCUT2D eigenvalue weighted by Gasteiger charge is -2.29. The van der Waals surface area contributed by atoms with Crippen LogP contribution in [0, 0.1) is 0 Å². The topological polar surface area (TPSA) is 52.6 Å². The van der Waals surface area contributed by atoms with E-state index in [4.69, 9.17) is 5.11 Å². The van der Waals surface area contributed by atoms with Gasteiger partial charge in [-0.3, -0.25) is 9.69 Å². The highest BCUT2D eigenvalue weighted by Crippen LogP contribution is 2.26. The van der Waals surface area contributed by atoms with E-state index in [2.05, 4.69) is 23.2 Å². The van der Waals surface area contributed by atoms with E-state index in [1.54, 1.807) is 0 Å². The molecule has 100 valence electrons. The monoisotopic (exact) mass is 270 g/mol. The largest absolute Gasteiger partial charge is 0.480 e. The molecule has 0 atom stereocenters. The fourth-order valence-electron chi connectivity index (χ4n) is 2.24. The molecule has 5 heteroatoms. The summed E-state index contributed by atoms with van der Waals surface area (Å²) in [7, 11) is 0. The summed E-state index contributed by atoms with van der Waals surface area (Å²) in [6.45, 7) is 5.16. The molecule has 0 unspecified atom stereocenters. The van der Waals surface area contributed by atoms with Crippen molar-refractivity contribution in [3.63, 3.8) is 0 Å². The van der Waals surface area contributed by atoms with Crippen LogP contribution in [0.25, 0.3) is 0 Å². The summed E-state index contributed by atoms with van der Waals surface area (Å²) in [5, 5.41) is 11.7. The average Bonchev–Trinajstić information content (AvgIpc) is 2.35. The summed E-state index contributed by atoms with van der Waals surface area (Å²) in [4.78, 5) is 13.0. The molecule has 1 heterocycles. The Morgan fingerprint density at radius 3 is 2.94 bits per heavy atom. The van der Waals surface area contributed by atoms with Gasteiger partial charge in [0.2, 0.25) is 0 Å². The van der Waals surface area contributed by atoms with Gasteiger partial charge in [0.15, 0.2) is 0 Å². The lowest BCUT2D eigenvalue weighted by atomic mass is 9.98. The van der Waals surface area contributed by atoms with Gasteiger partial charge in [-0.25, -0.2) is 0 Å². The smallest absolute Gasteiger partial charge is 0.322 e. The molecule has 0 aromatic heterocycles. The average molecular weight is 271 g/mol. The van der Waals surface area contributed by atoms with E-state index in [0.717, 1.165) is 31.7 Å². The van der Waals surface area contributed by atoms with Crippen molar-refractivity contribution < 1.29 is 9.90 Å². The van der Waals surface area contributed by atoms with Crippen LogP contribution in [-0.4, -0.2) is 35.6 Å².